The van der Waals surface area contributed by atoms with Gasteiger partial charge in [-0.3, -0.25) is 0 Å². The molecule has 0 aliphatic rings. The summed E-state index contributed by atoms with van der Waals surface area (Å²) < 4.78 is 32.4. The van der Waals surface area contributed by atoms with Gasteiger partial charge in [-0.1, -0.05) is 23.7 Å². The van der Waals surface area contributed by atoms with Crippen molar-refractivity contribution >= 4 is 11.6 Å². The minimum atomic E-state index is -0.462. The Bertz CT molecular complexity index is 617. The normalized spacial score (nSPS) is 12.2. The SMILES string of the molecule is C[C@@H](N)c1ccc(F)cc1OCc1ccc(Cl)cc1F. The summed E-state index contributed by atoms with van der Waals surface area (Å²) in [6.45, 7) is 1.75. The Morgan fingerprint density at radius 1 is 1.20 bits per heavy atom. The standard InChI is InChI=1S/C15H14ClF2NO/c1-9(19)13-5-4-12(17)7-15(13)20-8-10-2-3-11(16)6-14(10)18/h2-7,9H,8,19H2,1H3/t9-/m1/s1. The average Bonchev–Trinajstić information content (AvgIpc) is 2.37. The quantitative estimate of drug-likeness (QED) is 0.917. The van der Waals surface area contributed by atoms with Crippen molar-refractivity contribution in [2.75, 3.05) is 0 Å². The summed E-state index contributed by atoms with van der Waals surface area (Å²) in [5.41, 5.74) is 6.80. The van der Waals surface area contributed by atoms with Crippen molar-refractivity contribution in [1.82, 2.24) is 0 Å². The summed E-state index contributed by atoms with van der Waals surface area (Å²) in [7, 11) is 0. The smallest absolute Gasteiger partial charge is 0.131 e. The van der Waals surface area contributed by atoms with E-state index in [1.165, 1.54) is 24.3 Å². The molecule has 0 amide bonds. The van der Waals surface area contributed by atoms with Gasteiger partial charge in [0, 0.05) is 28.3 Å². The molecule has 2 N–H and O–H groups in total. The number of hydrogen-bond donors (Lipinski definition) is 1. The van der Waals surface area contributed by atoms with Crippen LogP contribution in [0.5, 0.6) is 5.75 Å². The van der Waals surface area contributed by atoms with Crippen molar-refractivity contribution in [3.63, 3.8) is 0 Å². The monoisotopic (exact) mass is 297 g/mol. The molecule has 0 aromatic heterocycles. The molecule has 106 valence electrons. The lowest BCUT2D eigenvalue weighted by molar-refractivity contribution is 0.294. The van der Waals surface area contributed by atoms with Gasteiger partial charge in [-0.2, -0.15) is 0 Å². The second kappa shape index (κ2) is 6.20. The molecular weight excluding hydrogens is 284 g/mol. The van der Waals surface area contributed by atoms with E-state index in [1.807, 2.05) is 0 Å². The Balaban J connectivity index is 2.20. The third kappa shape index (κ3) is 3.46. The number of ether oxygens (including phenoxy) is 1. The van der Waals surface area contributed by atoms with Crippen LogP contribution in [0.2, 0.25) is 5.02 Å². The van der Waals surface area contributed by atoms with Crippen molar-refractivity contribution in [2.24, 2.45) is 5.73 Å². The molecular formula is C15H14ClF2NO. The van der Waals surface area contributed by atoms with Crippen LogP contribution in [0.4, 0.5) is 8.78 Å². The molecule has 0 unspecified atom stereocenters. The summed E-state index contributed by atoms with van der Waals surface area (Å²) in [4.78, 5) is 0. The van der Waals surface area contributed by atoms with Gasteiger partial charge in [-0.25, -0.2) is 8.78 Å². The number of nitrogens with two attached hydrogens (primary N) is 1. The Morgan fingerprint density at radius 3 is 2.60 bits per heavy atom. The van der Waals surface area contributed by atoms with Crippen LogP contribution in [0, 0.1) is 11.6 Å². The average molecular weight is 298 g/mol. The molecule has 0 aliphatic heterocycles. The fourth-order valence-corrected chi connectivity index (χ4v) is 1.96. The van der Waals surface area contributed by atoms with Gasteiger partial charge < -0.3 is 10.5 Å². The van der Waals surface area contributed by atoms with Crippen molar-refractivity contribution in [3.8, 4) is 5.75 Å². The topological polar surface area (TPSA) is 35.2 Å². The second-order valence-electron chi connectivity index (χ2n) is 4.50. The molecule has 2 aromatic rings. The maximum absolute atomic E-state index is 13.6. The van der Waals surface area contributed by atoms with Gasteiger partial charge in [0.1, 0.15) is 24.0 Å². The molecule has 0 heterocycles. The Kier molecular flexibility index (Phi) is 4.57. The van der Waals surface area contributed by atoms with Gasteiger partial charge in [0.25, 0.3) is 0 Å². The first-order valence-corrected chi connectivity index (χ1v) is 6.47. The number of hydrogen-bond acceptors (Lipinski definition) is 2. The highest BCUT2D eigenvalue weighted by Gasteiger charge is 2.11. The van der Waals surface area contributed by atoms with Crippen LogP contribution in [0.15, 0.2) is 36.4 Å². The molecule has 2 nitrogen and oxygen atoms in total. The van der Waals surface area contributed by atoms with Crippen LogP contribution in [-0.2, 0) is 6.61 Å². The summed E-state index contributed by atoms with van der Waals surface area (Å²) in [5.74, 6) is -0.577. The highest BCUT2D eigenvalue weighted by Crippen LogP contribution is 2.26. The Labute approximate surface area is 121 Å². The number of rotatable bonds is 4. The van der Waals surface area contributed by atoms with Gasteiger partial charge >= 0.3 is 0 Å². The predicted octanol–water partition coefficient (Wildman–Crippen LogP) is 4.22. The highest BCUT2D eigenvalue weighted by molar-refractivity contribution is 6.30. The fourth-order valence-electron chi connectivity index (χ4n) is 1.80. The van der Waals surface area contributed by atoms with Crippen LogP contribution in [-0.4, -0.2) is 0 Å². The lowest BCUT2D eigenvalue weighted by atomic mass is 10.1. The van der Waals surface area contributed by atoms with Crippen molar-refractivity contribution in [2.45, 2.75) is 19.6 Å². The van der Waals surface area contributed by atoms with E-state index in [9.17, 15) is 8.78 Å². The van der Waals surface area contributed by atoms with Gasteiger partial charge in [-0.05, 0) is 25.1 Å². The van der Waals surface area contributed by atoms with Crippen LogP contribution >= 0.6 is 11.6 Å². The zero-order valence-electron chi connectivity index (χ0n) is 10.9. The van der Waals surface area contributed by atoms with Gasteiger partial charge in [0.15, 0.2) is 0 Å². The van der Waals surface area contributed by atoms with E-state index in [-0.39, 0.29) is 12.6 Å². The Hall–Kier alpha value is -1.65. The summed E-state index contributed by atoms with van der Waals surface area (Å²) in [5, 5.41) is 0.313. The third-order valence-corrected chi connectivity index (χ3v) is 3.10. The molecule has 0 spiro atoms. The van der Waals surface area contributed by atoms with Crippen LogP contribution < -0.4 is 10.5 Å². The molecule has 0 bridgehead atoms. The first-order chi connectivity index (χ1) is 9.47. The summed E-state index contributed by atoms with van der Waals surface area (Å²) >= 11 is 5.67. The van der Waals surface area contributed by atoms with Crippen molar-refractivity contribution in [1.29, 1.82) is 0 Å². The minimum Gasteiger partial charge on any atom is -0.488 e. The van der Waals surface area contributed by atoms with E-state index >= 15 is 0 Å². The molecule has 1 atom stereocenters. The van der Waals surface area contributed by atoms with E-state index < -0.39 is 11.6 Å². The zero-order chi connectivity index (χ0) is 14.7. The molecule has 20 heavy (non-hydrogen) atoms. The second-order valence-corrected chi connectivity index (χ2v) is 4.93. The largest absolute Gasteiger partial charge is 0.488 e. The van der Waals surface area contributed by atoms with Gasteiger partial charge in [0.2, 0.25) is 0 Å². The van der Waals surface area contributed by atoms with Crippen molar-refractivity contribution < 1.29 is 13.5 Å². The van der Waals surface area contributed by atoms with E-state index in [4.69, 9.17) is 22.1 Å². The molecule has 2 aromatic carbocycles. The van der Waals surface area contributed by atoms with E-state index in [0.717, 1.165) is 0 Å². The third-order valence-electron chi connectivity index (χ3n) is 2.86. The maximum Gasteiger partial charge on any atom is 0.131 e. The lowest BCUT2D eigenvalue weighted by Crippen LogP contribution is -2.09. The number of halogens is 3. The van der Waals surface area contributed by atoms with Gasteiger partial charge in [0.05, 0.1) is 0 Å². The first kappa shape index (κ1) is 14.8. The molecule has 0 radical (unpaired) electrons. The zero-order valence-corrected chi connectivity index (χ0v) is 11.6. The lowest BCUT2D eigenvalue weighted by Gasteiger charge is -2.14. The predicted molar refractivity (Wildman–Crippen MR) is 74.7 cm³/mol. The van der Waals surface area contributed by atoms with E-state index in [0.29, 0.717) is 21.9 Å². The molecule has 0 saturated heterocycles. The minimum absolute atomic E-state index is 0.0217. The molecule has 5 heteroatoms. The number of benzene rings is 2. The Morgan fingerprint density at radius 2 is 1.95 bits per heavy atom. The van der Waals surface area contributed by atoms with Gasteiger partial charge in [-0.15, -0.1) is 0 Å². The molecule has 2 rings (SSSR count). The summed E-state index contributed by atoms with van der Waals surface area (Å²) in [6, 6.07) is 8.12. The van der Waals surface area contributed by atoms with Crippen LogP contribution in [0.25, 0.3) is 0 Å². The van der Waals surface area contributed by atoms with Crippen molar-refractivity contribution in [3.05, 3.63) is 64.2 Å². The van der Waals surface area contributed by atoms with E-state index in [2.05, 4.69) is 0 Å². The maximum atomic E-state index is 13.6. The molecule has 0 aliphatic carbocycles. The molecule has 0 saturated carbocycles. The summed E-state index contributed by atoms with van der Waals surface area (Å²) in [6.07, 6.45) is 0. The van der Waals surface area contributed by atoms with E-state index in [1.54, 1.807) is 19.1 Å². The van der Waals surface area contributed by atoms with Crippen LogP contribution in [0.1, 0.15) is 24.1 Å². The fraction of sp³-hybridized carbons (Fsp3) is 0.200. The molecule has 0 fully saturated rings. The first-order valence-electron chi connectivity index (χ1n) is 6.09. The highest BCUT2D eigenvalue weighted by atomic mass is 35.5. The van der Waals surface area contributed by atoms with Crippen LogP contribution in [0.3, 0.4) is 0 Å².